The van der Waals surface area contributed by atoms with Crippen molar-refractivity contribution in [3.63, 3.8) is 0 Å². The molecule has 0 aromatic carbocycles. The minimum absolute atomic E-state index is 0.00954. The van der Waals surface area contributed by atoms with Gasteiger partial charge in [-0.05, 0) is 36.8 Å². The summed E-state index contributed by atoms with van der Waals surface area (Å²) in [6, 6.07) is 1.97. The molecular formula is C12H11NO3S. The average molecular weight is 249 g/mol. The predicted molar refractivity (Wildman–Crippen MR) is 63.5 cm³/mol. The molecule has 1 saturated carbocycles. The van der Waals surface area contributed by atoms with Gasteiger partial charge in [-0.3, -0.25) is 0 Å². The summed E-state index contributed by atoms with van der Waals surface area (Å²) in [6.07, 6.45) is 2.02. The zero-order valence-corrected chi connectivity index (χ0v) is 10.1. The van der Waals surface area contributed by atoms with Gasteiger partial charge in [-0.1, -0.05) is 0 Å². The summed E-state index contributed by atoms with van der Waals surface area (Å²) in [4.78, 5) is 16.4. The van der Waals surface area contributed by atoms with Crippen molar-refractivity contribution in [2.75, 3.05) is 0 Å². The molecule has 0 unspecified atom stereocenters. The van der Waals surface area contributed by atoms with Crippen molar-refractivity contribution < 1.29 is 14.3 Å². The number of hydrogen-bond donors (Lipinski definition) is 1. The highest BCUT2D eigenvalue weighted by molar-refractivity contribution is 7.13. The Balaban J connectivity index is 2.10. The van der Waals surface area contributed by atoms with E-state index in [1.165, 1.54) is 11.3 Å². The molecule has 1 aliphatic carbocycles. The minimum Gasteiger partial charge on any atom is -0.475 e. The molecule has 1 N–H and O–H groups in total. The second-order valence-corrected chi connectivity index (χ2v) is 5.16. The third kappa shape index (κ3) is 1.76. The number of hydrogen-bond acceptors (Lipinski definition) is 4. The lowest BCUT2D eigenvalue weighted by atomic mass is 10.2. The molecule has 1 fully saturated rings. The van der Waals surface area contributed by atoms with Gasteiger partial charge in [0.2, 0.25) is 11.7 Å². The van der Waals surface area contributed by atoms with E-state index in [2.05, 4.69) is 4.98 Å². The molecule has 0 atom stereocenters. The minimum atomic E-state index is -1.03. The van der Waals surface area contributed by atoms with Crippen LogP contribution in [0.4, 0.5) is 0 Å². The Hall–Kier alpha value is -1.62. The number of aromatic carboxylic acids is 1. The second kappa shape index (κ2) is 3.70. The summed E-state index contributed by atoms with van der Waals surface area (Å²) in [7, 11) is 0. The monoisotopic (exact) mass is 249 g/mol. The molecule has 2 aromatic rings. The first-order chi connectivity index (χ1) is 8.16. The number of nitrogens with zero attached hydrogens (tertiary/aromatic N) is 1. The first kappa shape index (κ1) is 10.5. The molecule has 3 rings (SSSR count). The van der Waals surface area contributed by atoms with Crippen LogP contribution in [0.15, 0.2) is 15.9 Å². The van der Waals surface area contributed by atoms with E-state index in [1.54, 1.807) is 0 Å². The molecule has 5 heteroatoms. The largest absolute Gasteiger partial charge is 0.475 e. The predicted octanol–water partition coefficient (Wildman–Crippen LogP) is 3.29. The lowest BCUT2D eigenvalue weighted by Crippen LogP contribution is -1.98. The third-order valence-electron chi connectivity index (χ3n) is 2.87. The molecule has 2 heterocycles. The molecule has 0 radical (unpaired) electrons. The van der Waals surface area contributed by atoms with E-state index in [0.717, 1.165) is 23.3 Å². The molecule has 4 nitrogen and oxygen atoms in total. The average Bonchev–Trinajstić information content (AvgIpc) is 2.88. The Morgan fingerprint density at radius 3 is 2.88 bits per heavy atom. The van der Waals surface area contributed by atoms with Crippen molar-refractivity contribution in [2.24, 2.45) is 0 Å². The molecule has 0 bridgehead atoms. The van der Waals surface area contributed by atoms with Gasteiger partial charge in [0.05, 0.1) is 10.6 Å². The zero-order chi connectivity index (χ0) is 12.0. The number of oxazole rings is 1. The molecule has 88 valence electrons. The quantitative estimate of drug-likeness (QED) is 0.906. The van der Waals surface area contributed by atoms with Crippen molar-refractivity contribution in [2.45, 2.75) is 25.7 Å². The standard InChI is InChI=1S/C12H11NO3S/c1-6-4-5-17-10(6)11-13-8(7-2-3-7)9(16-11)12(14)15/h4-5,7H,2-3H2,1H3,(H,14,15). The van der Waals surface area contributed by atoms with E-state index in [1.807, 2.05) is 18.4 Å². The van der Waals surface area contributed by atoms with Crippen LogP contribution in [0.25, 0.3) is 10.8 Å². The molecule has 0 saturated heterocycles. The van der Waals surface area contributed by atoms with Gasteiger partial charge in [0, 0.05) is 5.92 Å². The fourth-order valence-corrected chi connectivity index (χ4v) is 2.66. The maximum absolute atomic E-state index is 11.1. The molecule has 0 aliphatic heterocycles. The Morgan fingerprint density at radius 2 is 2.35 bits per heavy atom. The van der Waals surface area contributed by atoms with E-state index in [-0.39, 0.29) is 11.7 Å². The fraction of sp³-hybridized carbons (Fsp3) is 0.333. The summed E-state index contributed by atoms with van der Waals surface area (Å²) in [5.41, 5.74) is 1.68. The van der Waals surface area contributed by atoms with E-state index < -0.39 is 5.97 Å². The first-order valence-electron chi connectivity index (χ1n) is 5.45. The summed E-state index contributed by atoms with van der Waals surface area (Å²) < 4.78 is 5.40. The highest BCUT2D eigenvalue weighted by Gasteiger charge is 2.34. The van der Waals surface area contributed by atoms with Gasteiger partial charge in [-0.2, -0.15) is 0 Å². The van der Waals surface area contributed by atoms with Crippen LogP contribution in [0, 0.1) is 6.92 Å². The normalized spacial score (nSPS) is 15.1. The van der Waals surface area contributed by atoms with E-state index >= 15 is 0 Å². The van der Waals surface area contributed by atoms with Crippen LogP contribution in [0.5, 0.6) is 0 Å². The molecular weight excluding hydrogens is 238 g/mol. The van der Waals surface area contributed by atoms with Gasteiger partial charge in [-0.15, -0.1) is 11.3 Å². The van der Waals surface area contributed by atoms with Crippen LogP contribution in [0.1, 0.15) is 40.6 Å². The van der Waals surface area contributed by atoms with Crippen molar-refractivity contribution >= 4 is 17.3 Å². The Labute approximate surface area is 102 Å². The van der Waals surface area contributed by atoms with Gasteiger partial charge in [-0.25, -0.2) is 9.78 Å². The zero-order valence-electron chi connectivity index (χ0n) is 9.27. The lowest BCUT2D eigenvalue weighted by molar-refractivity contribution is 0.0661. The number of rotatable bonds is 3. The van der Waals surface area contributed by atoms with Crippen molar-refractivity contribution in [3.05, 3.63) is 28.5 Å². The SMILES string of the molecule is Cc1ccsc1-c1nc(C2CC2)c(C(=O)O)o1. The number of aryl methyl sites for hydroxylation is 1. The Morgan fingerprint density at radius 1 is 1.59 bits per heavy atom. The van der Waals surface area contributed by atoms with Crippen molar-refractivity contribution in [1.82, 2.24) is 4.98 Å². The number of carboxylic acid groups (broad SMARTS) is 1. The van der Waals surface area contributed by atoms with Gasteiger partial charge in [0.1, 0.15) is 0 Å². The van der Waals surface area contributed by atoms with Crippen LogP contribution in [0.3, 0.4) is 0 Å². The fourth-order valence-electron chi connectivity index (χ4n) is 1.81. The van der Waals surface area contributed by atoms with E-state index in [9.17, 15) is 4.79 Å². The Bertz CT molecular complexity index is 580. The van der Waals surface area contributed by atoms with Gasteiger partial charge >= 0.3 is 5.97 Å². The van der Waals surface area contributed by atoms with Crippen LogP contribution < -0.4 is 0 Å². The summed E-state index contributed by atoms with van der Waals surface area (Å²) in [5, 5.41) is 11.0. The van der Waals surface area contributed by atoms with Crippen LogP contribution in [0.2, 0.25) is 0 Å². The maximum atomic E-state index is 11.1. The number of carboxylic acids is 1. The number of thiophene rings is 1. The van der Waals surface area contributed by atoms with Gasteiger partial charge in [0.25, 0.3) is 0 Å². The van der Waals surface area contributed by atoms with Crippen LogP contribution in [-0.2, 0) is 0 Å². The summed E-state index contributed by atoms with van der Waals surface area (Å²) >= 11 is 1.52. The highest BCUT2D eigenvalue weighted by Crippen LogP contribution is 2.43. The highest BCUT2D eigenvalue weighted by atomic mass is 32.1. The lowest BCUT2D eigenvalue weighted by Gasteiger charge is -1.90. The van der Waals surface area contributed by atoms with Gasteiger partial charge < -0.3 is 9.52 Å². The number of aromatic nitrogens is 1. The topological polar surface area (TPSA) is 63.3 Å². The molecule has 1 aliphatic rings. The smallest absolute Gasteiger partial charge is 0.373 e. The number of carbonyl (C=O) groups is 1. The van der Waals surface area contributed by atoms with Gasteiger partial charge in [0.15, 0.2) is 0 Å². The van der Waals surface area contributed by atoms with E-state index in [0.29, 0.717) is 11.6 Å². The summed E-state index contributed by atoms with van der Waals surface area (Å²) in [6.45, 7) is 1.97. The van der Waals surface area contributed by atoms with Crippen molar-refractivity contribution in [1.29, 1.82) is 0 Å². The van der Waals surface area contributed by atoms with E-state index in [4.69, 9.17) is 9.52 Å². The molecule has 2 aromatic heterocycles. The van der Waals surface area contributed by atoms with Crippen LogP contribution in [-0.4, -0.2) is 16.1 Å². The Kier molecular flexibility index (Phi) is 2.29. The third-order valence-corrected chi connectivity index (χ3v) is 3.87. The molecule has 17 heavy (non-hydrogen) atoms. The summed E-state index contributed by atoms with van der Waals surface area (Å²) in [5.74, 6) is -0.300. The molecule has 0 amide bonds. The second-order valence-electron chi connectivity index (χ2n) is 4.25. The van der Waals surface area contributed by atoms with Crippen LogP contribution >= 0.6 is 11.3 Å². The maximum Gasteiger partial charge on any atom is 0.373 e. The van der Waals surface area contributed by atoms with Crippen molar-refractivity contribution in [3.8, 4) is 10.8 Å². The first-order valence-corrected chi connectivity index (χ1v) is 6.33. The molecule has 0 spiro atoms.